The van der Waals surface area contributed by atoms with Gasteiger partial charge in [0.15, 0.2) is 5.13 Å². The number of halogens is 2. The van der Waals surface area contributed by atoms with Crippen LogP contribution in [0.2, 0.25) is 5.15 Å². The van der Waals surface area contributed by atoms with E-state index in [1.807, 2.05) is 18.2 Å². The van der Waals surface area contributed by atoms with Crippen molar-refractivity contribution in [3.05, 3.63) is 33.2 Å². The number of methoxy groups -OCH3 is 1. The Morgan fingerprint density at radius 2 is 2.31 bits per heavy atom. The Hall–Kier alpha value is -0.780. The number of aromatic nitrogens is 1. The van der Waals surface area contributed by atoms with E-state index in [2.05, 4.69) is 26.2 Å². The lowest BCUT2D eigenvalue weighted by Gasteiger charge is -2.07. The third kappa shape index (κ3) is 2.66. The van der Waals surface area contributed by atoms with Crippen LogP contribution in [0.15, 0.2) is 28.1 Å². The first kappa shape index (κ1) is 11.7. The summed E-state index contributed by atoms with van der Waals surface area (Å²) < 4.78 is 6.09. The minimum absolute atomic E-state index is 0.492. The third-order valence-electron chi connectivity index (χ3n) is 1.89. The number of thiazole rings is 1. The fourth-order valence-electron chi connectivity index (χ4n) is 1.15. The summed E-state index contributed by atoms with van der Waals surface area (Å²) in [5.41, 5.74) is 0.894. The number of hydrogen-bond donors (Lipinski definition) is 1. The van der Waals surface area contributed by atoms with E-state index in [4.69, 9.17) is 16.3 Å². The summed E-state index contributed by atoms with van der Waals surface area (Å²) in [6.07, 6.45) is 0. The molecular weight excluding hydrogens is 312 g/mol. The van der Waals surface area contributed by atoms with Gasteiger partial charge in [-0.05, 0) is 28.1 Å². The van der Waals surface area contributed by atoms with Gasteiger partial charge in [-0.15, -0.1) is 11.3 Å². The molecule has 0 atom stereocenters. The van der Waals surface area contributed by atoms with Gasteiger partial charge in [0.2, 0.25) is 0 Å². The molecule has 0 aliphatic heterocycles. The van der Waals surface area contributed by atoms with Gasteiger partial charge in [0.1, 0.15) is 10.9 Å². The molecule has 6 heteroatoms. The van der Waals surface area contributed by atoms with Crippen molar-refractivity contribution in [1.82, 2.24) is 4.98 Å². The molecule has 0 unspecified atom stereocenters. The van der Waals surface area contributed by atoms with Gasteiger partial charge in [-0.2, -0.15) is 0 Å². The zero-order valence-corrected chi connectivity index (χ0v) is 11.5. The van der Waals surface area contributed by atoms with Gasteiger partial charge in [-0.1, -0.05) is 11.6 Å². The average molecular weight is 320 g/mol. The second-order valence-electron chi connectivity index (χ2n) is 2.95. The molecule has 0 spiro atoms. The van der Waals surface area contributed by atoms with Crippen LogP contribution in [-0.4, -0.2) is 12.1 Å². The Kier molecular flexibility index (Phi) is 3.68. The molecule has 16 heavy (non-hydrogen) atoms. The van der Waals surface area contributed by atoms with Crippen LogP contribution in [0, 0.1) is 0 Å². The molecule has 0 amide bonds. The minimum atomic E-state index is 0.492. The second kappa shape index (κ2) is 5.03. The standard InChI is InChI=1S/C10H8BrClN2OS/c1-15-6-2-3-7(11)8(4-6)13-10-14-9(12)5-16-10/h2-5H,1H3,(H,13,14). The highest BCUT2D eigenvalue weighted by molar-refractivity contribution is 9.10. The molecule has 0 saturated heterocycles. The summed E-state index contributed by atoms with van der Waals surface area (Å²) in [5.74, 6) is 0.786. The molecule has 1 N–H and O–H groups in total. The quantitative estimate of drug-likeness (QED) is 0.915. The van der Waals surface area contributed by atoms with Crippen molar-refractivity contribution in [1.29, 1.82) is 0 Å². The lowest BCUT2D eigenvalue weighted by molar-refractivity contribution is 0.415. The highest BCUT2D eigenvalue weighted by Crippen LogP contribution is 2.31. The number of anilines is 2. The maximum Gasteiger partial charge on any atom is 0.188 e. The van der Waals surface area contributed by atoms with E-state index in [9.17, 15) is 0 Å². The molecule has 1 aromatic carbocycles. The van der Waals surface area contributed by atoms with Gasteiger partial charge in [-0.25, -0.2) is 4.98 Å². The van der Waals surface area contributed by atoms with Crippen LogP contribution in [-0.2, 0) is 0 Å². The monoisotopic (exact) mass is 318 g/mol. The van der Waals surface area contributed by atoms with E-state index < -0.39 is 0 Å². The molecule has 0 aliphatic rings. The average Bonchev–Trinajstić information content (AvgIpc) is 2.67. The van der Waals surface area contributed by atoms with Gasteiger partial charge in [0.25, 0.3) is 0 Å². The minimum Gasteiger partial charge on any atom is -0.497 e. The predicted molar refractivity (Wildman–Crippen MR) is 71.1 cm³/mol. The molecule has 2 rings (SSSR count). The molecule has 84 valence electrons. The number of hydrogen-bond acceptors (Lipinski definition) is 4. The summed E-state index contributed by atoms with van der Waals surface area (Å²) in [6, 6.07) is 5.68. The van der Waals surface area contributed by atoms with E-state index in [-0.39, 0.29) is 0 Å². The van der Waals surface area contributed by atoms with Crippen molar-refractivity contribution in [2.75, 3.05) is 12.4 Å². The Labute approximate surface area is 111 Å². The molecule has 0 fully saturated rings. The maximum absolute atomic E-state index is 5.75. The second-order valence-corrected chi connectivity index (χ2v) is 5.05. The molecule has 3 nitrogen and oxygen atoms in total. The number of nitrogens with zero attached hydrogens (tertiary/aromatic N) is 1. The lowest BCUT2D eigenvalue weighted by Crippen LogP contribution is -1.92. The molecule has 0 saturated carbocycles. The van der Waals surface area contributed by atoms with Crippen LogP contribution in [0.3, 0.4) is 0 Å². The zero-order chi connectivity index (χ0) is 11.5. The predicted octanol–water partition coefficient (Wildman–Crippen LogP) is 4.31. The highest BCUT2D eigenvalue weighted by atomic mass is 79.9. The summed E-state index contributed by atoms with van der Waals surface area (Å²) >= 11 is 10.6. The zero-order valence-electron chi connectivity index (χ0n) is 8.33. The molecule has 1 aromatic heterocycles. The van der Waals surface area contributed by atoms with Crippen LogP contribution in [0.4, 0.5) is 10.8 Å². The van der Waals surface area contributed by atoms with Crippen molar-refractivity contribution in [3.63, 3.8) is 0 Å². The number of nitrogens with one attached hydrogen (secondary N) is 1. The van der Waals surface area contributed by atoms with Crippen molar-refractivity contribution < 1.29 is 4.74 Å². The summed E-state index contributed by atoms with van der Waals surface area (Å²) in [5, 5.41) is 6.18. The first-order valence-corrected chi connectivity index (χ1v) is 6.45. The van der Waals surface area contributed by atoms with Gasteiger partial charge >= 0.3 is 0 Å². The van der Waals surface area contributed by atoms with E-state index in [1.165, 1.54) is 11.3 Å². The molecule has 0 radical (unpaired) electrons. The van der Waals surface area contributed by atoms with Crippen LogP contribution >= 0.6 is 38.9 Å². The Bertz CT molecular complexity index is 503. The summed E-state index contributed by atoms with van der Waals surface area (Å²) in [6.45, 7) is 0. The van der Waals surface area contributed by atoms with Crippen molar-refractivity contribution >= 4 is 49.7 Å². The summed E-state index contributed by atoms with van der Waals surface area (Å²) in [7, 11) is 1.63. The van der Waals surface area contributed by atoms with E-state index in [1.54, 1.807) is 12.5 Å². The number of benzene rings is 1. The lowest BCUT2D eigenvalue weighted by atomic mass is 10.3. The van der Waals surface area contributed by atoms with E-state index in [0.717, 1.165) is 21.0 Å². The fraction of sp³-hybridized carbons (Fsp3) is 0.100. The smallest absolute Gasteiger partial charge is 0.188 e. The summed E-state index contributed by atoms with van der Waals surface area (Å²) in [4.78, 5) is 4.11. The topological polar surface area (TPSA) is 34.1 Å². The van der Waals surface area contributed by atoms with Crippen molar-refractivity contribution in [3.8, 4) is 5.75 Å². The van der Waals surface area contributed by atoms with Crippen LogP contribution in [0.1, 0.15) is 0 Å². The van der Waals surface area contributed by atoms with Gasteiger partial charge in [0.05, 0.1) is 12.8 Å². The molecule has 1 heterocycles. The van der Waals surface area contributed by atoms with Crippen molar-refractivity contribution in [2.24, 2.45) is 0 Å². The highest BCUT2D eigenvalue weighted by Gasteiger charge is 2.05. The largest absolute Gasteiger partial charge is 0.497 e. The first-order chi connectivity index (χ1) is 7.69. The normalized spacial score (nSPS) is 10.2. The molecular formula is C10H8BrClN2OS. The van der Waals surface area contributed by atoms with Gasteiger partial charge < -0.3 is 10.1 Å². The Morgan fingerprint density at radius 1 is 1.50 bits per heavy atom. The van der Waals surface area contributed by atoms with E-state index in [0.29, 0.717) is 5.15 Å². The van der Waals surface area contributed by atoms with Crippen molar-refractivity contribution in [2.45, 2.75) is 0 Å². The maximum atomic E-state index is 5.75. The Morgan fingerprint density at radius 3 is 2.94 bits per heavy atom. The molecule has 0 bridgehead atoms. The number of rotatable bonds is 3. The molecule has 2 aromatic rings. The van der Waals surface area contributed by atoms with E-state index >= 15 is 0 Å². The Balaban J connectivity index is 2.26. The van der Waals surface area contributed by atoms with Gasteiger partial charge in [-0.3, -0.25) is 0 Å². The molecule has 0 aliphatic carbocycles. The third-order valence-corrected chi connectivity index (χ3v) is 3.66. The van der Waals surface area contributed by atoms with Crippen LogP contribution in [0.25, 0.3) is 0 Å². The van der Waals surface area contributed by atoms with Crippen LogP contribution in [0.5, 0.6) is 5.75 Å². The number of ether oxygens (including phenoxy) is 1. The van der Waals surface area contributed by atoms with Crippen LogP contribution < -0.4 is 10.1 Å². The fourth-order valence-corrected chi connectivity index (χ4v) is 2.35. The first-order valence-electron chi connectivity index (χ1n) is 4.40. The van der Waals surface area contributed by atoms with Gasteiger partial charge in [0, 0.05) is 15.9 Å². The SMILES string of the molecule is COc1ccc(Br)c(Nc2nc(Cl)cs2)c1.